The van der Waals surface area contributed by atoms with Crippen molar-refractivity contribution in [2.75, 3.05) is 31.2 Å². The van der Waals surface area contributed by atoms with Gasteiger partial charge in [0, 0.05) is 43.4 Å². The van der Waals surface area contributed by atoms with Gasteiger partial charge in [-0.2, -0.15) is 0 Å². The lowest BCUT2D eigenvalue weighted by Crippen LogP contribution is -2.55. The Morgan fingerprint density at radius 3 is 2.44 bits per heavy atom. The number of ether oxygens (including phenoxy) is 1. The molecule has 34 heavy (non-hydrogen) atoms. The molecule has 1 N–H and O–H groups in total. The predicted octanol–water partition coefficient (Wildman–Crippen LogP) is 3.75. The molecule has 2 unspecified atom stereocenters. The number of nitrogens with one attached hydrogen (secondary N) is 1. The summed E-state index contributed by atoms with van der Waals surface area (Å²) in [6, 6.07) is 9.77. The topological polar surface area (TPSA) is 79.0 Å². The summed E-state index contributed by atoms with van der Waals surface area (Å²) in [5.74, 6) is 0.00896. The van der Waals surface area contributed by atoms with E-state index in [9.17, 15) is 17.6 Å². The van der Waals surface area contributed by atoms with Crippen LogP contribution in [-0.2, 0) is 21.4 Å². The fourth-order valence-corrected chi connectivity index (χ4v) is 5.54. The number of hydrogen-bond donors (Lipinski definition) is 1. The molecule has 2 aliphatic rings. The fourth-order valence-electron chi connectivity index (χ4n) is 4.73. The smallest absolute Gasteiger partial charge is 0.247 e. The molecule has 7 nitrogen and oxygen atoms in total. The Kier molecular flexibility index (Phi) is 7.16. The van der Waals surface area contributed by atoms with Gasteiger partial charge in [-0.05, 0) is 48.7 Å². The van der Waals surface area contributed by atoms with Crippen molar-refractivity contribution >= 4 is 39.3 Å². The van der Waals surface area contributed by atoms with Gasteiger partial charge in [-0.15, -0.1) is 0 Å². The number of fused-ring (bicyclic) bond motifs is 2. The average Bonchev–Trinajstić information content (AvgIpc) is 3.04. The number of nitrogens with zero attached hydrogens (tertiary/aromatic N) is 2. The first-order valence-electron chi connectivity index (χ1n) is 11.0. The third-order valence-corrected chi connectivity index (χ3v) is 7.04. The quantitative estimate of drug-likeness (QED) is 0.577. The first-order chi connectivity index (χ1) is 16.1. The number of likely N-dealkylation sites (tertiary alicyclic amines) is 1. The number of benzene rings is 2. The molecule has 2 atom stereocenters. The maximum atomic E-state index is 13.2. The van der Waals surface area contributed by atoms with E-state index in [-0.39, 0.29) is 34.5 Å². The van der Waals surface area contributed by atoms with E-state index in [2.05, 4.69) is 9.62 Å². The Morgan fingerprint density at radius 2 is 1.85 bits per heavy atom. The van der Waals surface area contributed by atoms with E-state index >= 15 is 0 Å². The molecule has 0 aliphatic carbocycles. The van der Waals surface area contributed by atoms with Crippen molar-refractivity contribution in [1.82, 2.24) is 9.80 Å². The van der Waals surface area contributed by atoms with Crippen LogP contribution in [0.15, 0.2) is 42.5 Å². The number of carbonyl (C=O) groups excluding carboxylic acids is 1. The van der Waals surface area contributed by atoms with Crippen LogP contribution in [0.4, 0.5) is 10.1 Å². The van der Waals surface area contributed by atoms with Crippen LogP contribution in [-0.4, -0.2) is 62.7 Å². The van der Waals surface area contributed by atoms with Crippen LogP contribution in [0.3, 0.4) is 0 Å². The summed E-state index contributed by atoms with van der Waals surface area (Å²) in [4.78, 5) is 17.4. The van der Waals surface area contributed by atoms with E-state index < -0.39 is 10.0 Å². The number of anilines is 1. The predicted molar refractivity (Wildman–Crippen MR) is 131 cm³/mol. The Bertz CT molecular complexity index is 1190. The molecule has 4 rings (SSSR count). The van der Waals surface area contributed by atoms with Gasteiger partial charge in [0.2, 0.25) is 15.9 Å². The van der Waals surface area contributed by atoms with E-state index in [1.54, 1.807) is 24.3 Å². The van der Waals surface area contributed by atoms with Crippen LogP contribution >= 0.6 is 11.6 Å². The van der Waals surface area contributed by atoms with Gasteiger partial charge in [0.05, 0.1) is 24.1 Å². The van der Waals surface area contributed by atoms with Crippen molar-refractivity contribution in [2.24, 2.45) is 0 Å². The van der Waals surface area contributed by atoms with Gasteiger partial charge < -0.3 is 9.64 Å². The van der Waals surface area contributed by atoms with Crippen LogP contribution < -0.4 is 9.46 Å². The van der Waals surface area contributed by atoms with Crippen molar-refractivity contribution in [2.45, 2.75) is 31.5 Å². The molecule has 2 saturated heterocycles. The monoisotopic (exact) mass is 507 g/mol. The van der Waals surface area contributed by atoms with Gasteiger partial charge in [-0.25, -0.2) is 12.8 Å². The zero-order chi connectivity index (χ0) is 24.5. The number of hydrogen-bond acceptors (Lipinski definition) is 5. The van der Waals surface area contributed by atoms with Crippen LogP contribution in [0.5, 0.6) is 5.75 Å². The first-order valence-corrected chi connectivity index (χ1v) is 13.2. The highest BCUT2D eigenvalue weighted by Crippen LogP contribution is 2.34. The lowest BCUT2D eigenvalue weighted by molar-refractivity contribution is -0.131. The summed E-state index contributed by atoms with van der Waals surface area (Å²) in [7, 11) is -2.08. The molecule has 2 fully saturated rings. The number of carbonyl (C=O) groups is 1. The van der Waals surface area contributed by atoms with Crippen LogP contribution in [0, 0.1) is 5.82 Å². The summed E-state index contributed by atoms with van der Waals surface area (Å²) in [5, 5.41) is 0.257. The lowest BCUT2D eigenvalue weighted by atomic mass is 10.1. The number of halogens is 2. The highest BCUT2D eigenvalue weighted by atomic mass is 35.5. The largest absolute Gasteiger partial charge is 0.495 e. The molecule has 2 aromatic rings. The number of amides is 1. The maximum absolute atomic E-state index is 13.2. The average molecular weight is 508 g/mol. The Hall–Kier alpha value is -2.62. The number of sulfonamides is 1. The molecule has 2 heterocycles. The van der Waals surface area contributed by atoms with Crippen molar-refractivity contribution in [1.29, 1.82) is 0 Å². The Labute approximate surface area is 204 Å². The molecule has 0 aromatic heterocycles. The van der Waals surface area contributed by atoms with Gasteiger partial charge in [0.1, 0.15) is 11.6 Å². The van der Waals surface area contributed by atoms with Gasteiger partial charge in [0.25, 0.3) is 0 Å². The molecule has 1 amide bonds. The second-order valence-corrected chi connectivity index (χ2v) is 10.9. The van der Waals surface area contributed by atoms with E-state index in [1.807, 2.05) is 4.90 Å². The van der Waals surface area contributed by atoms with Crippen molar-refractivity contribution in [3.8, 4) is 5.75 Å². The van der Waals surface area contributed by atoms with Crippen LogP contribution in [0.25, 0.3) is 6.08 Å². The molecule has 0 radical (unpaired) electrons. The standard InChI is InChI=1S/C24H27ClFN3O4S/c1-33-23-11-17(22(12-21(23)25)27-34(2,31)32)5-10-24(30)29-19-8-9-20(29)15-28(14-19)13-16-3-6-18(26)7-4-16/h3-7,10-12,19-20,27H,8-9,13-15H2,1-2H3. The molecular weight excluding hydrogens is 481 g/mol. The molecule has 2 bridgehead atoms. The highest BCUT2D eigenvalue weighted by Gasteiger charge is 2.41. The van der Waals surface area contributed by atoms with E-state index in [0.29, 0.717) is 11.3 Å². The molecule has 2 aliphatic heterocycles. The Balaban J connectivity index is 1.48. The van der Waals surface area contributed by atoms with Gasteiger partial charge in [0.15, 0.2) is 0 Å². The van der Waals surface area contributed by atoms with Crippen molar-refractivity contribution < 1.29 is 22.3 Å². The Morgan fingerprint density at radius 1 is 1.21 bits per heavy atom. The minimum atomic E-state index is -3.54. The number of methoxy groups -OCH3 is 1. The SMILES string of the molecule is COc1cc(C=CC(=O)N2C3CCC2CN(Cc2ccc(F)cc2)C3)c(NS(C)(=O)=O)cc1Cl. The number of rotatable bonds is 7. The van der Waals surface area contributed by atoms with E-state index in [4.69, 9.17) is 16.3 Å². The zero-order valence-corrected chi connectivity index (χ0v) is 20.6. The molecule has 0 spiro atoms. The summed E-state index contributed by atoms with van der Waals surface area (Å²) >= 11 is 6.16. The van der Waals surface area contributed by atoms with Gasteiger partial charge in [-0.3, -0.25) is 14.4 Å². The molecular formula is C24H27ClFN3O4S. The van der Waals surface area contributed by atoms with E-state index in [1.165, 1.54) is 31.4 Å². The summed E-state index contributed by atoms with van der Waals surface area (Å²) < 4.78 is 44.4. The second kappa shape index (κ2) is 9.93. The van der Waals surface area contributed by atoms with E-state index in [0.717, 1.165) is 44.3 Å². The fraction of sp³-hybridized carbons (Fsp3) is 0.375. The normalized spacial score (nSPS) is 20.6. The summed E-state index contributed by atoms with van der Waals surface area (Å²) in [5.41, 5.74) is 1.79. The first kappa shape index (κ1) is 24.5. The molecule has 0 saturated carbocycles. The summed E-state index contributed by atoms with van der Waals surface area (Å²) in [6.07, 6.45) is 5.96. The van der Waals surface area contributed by atoms with Gasteiger partial charge in [-0.1, -0.05) is 23.7 Å². The van der Waals surface area contributed by atoms with Crippen LogP contribution in [0.2, 0.25) is 5.02 Å². The van der Waals surface area contributed by atoms with Crippen molar-refractivity contribution in [3.63, 3.8) is 0 Å². The minimum absolute atomic E-state index is 0.102. The lowest BCUT2D eigenvalue weighted by Gasteiger charge is -2.40. The van der Waals surface area contributed by atoms with Crippen molar-refractivity contribution in [3.05, 3.63) is 64.4 Å². The van der Waals surface area contributed by atoms with Crippen LogP contribution in [0.1, 0.15) is 24.0 Å². The highest BCUT2D eigenvalue weighted by molar-refractivity contribution is 7.92. The third kappa shape index (κ3) is 5.71. The maximum Gasteiger partial charge on any atom is 0.247 e. The zero-order valence-electron chi connectivity index (χ0n) is 19.0. The summed E-state index contributed by atoms with van der Waals surface area (Å²) in [6.45, 7) is 2.22. The minimum Gasteiger partial charge on any atom is -0.495 e. The molecule has 182 valence electrons. The number of piperazine rings is 1. The second-order valence-electron chi connectivity index (χ2n) is 8.73. The molecule has 2 aromatic carbocycles. The van der Waals surface area contributed by atoms with Gasteiger partial charge >= 0.3 is 0 Å². The molecule has 10 heteroatoms. The third-order valence-electron chi connectivity index (χ3n) is 6.16.